The Bertz CT molecular complexity index is 761. The fraction of sp³-hybridized carbons (Fsp3) is 0.526. The van der Waals surface area contributed by atoms with Crippen LogP contribution in [0.4, 0.5) is 4.39 Å². The quantitative estimate of drug-likeness (QED) is 0.826. The molecule has 2 aliphatic rings. The van der Waals surface area contributed by atoms with Crippen LogP contribution in [0.25, 0.3) is 0 Å². The Balaban J connectivity index is 1.57. The van der Waals surface area contributed by atoms with Gasteiger partial charge < -0.3 is 9.64 Å². The van der Waals surface area contributed by atoms with E-state index in [-0.39, 0.29) is 23.7 Å². The summed E-state index contributed by atoms with van der Waals surface area (Å²) in [5, 5.41) is 8.26. The molecule has 0 saturated carbocycles. The summed E-state index contributed by atoms with van der Waals surface area (Å²) in [6, 6.07) is 6.55. The Morgan fingerprint density at radius 2 is 2.04 bits per heavy atom. The molecule has 2 atom stereocenters. The average Bonchev–Trinajstić information content (AvgIpc) is 3.28. The highest BCUT2D eigenvalue weighted by atomic mass is 19.1. The minimum Gasteiger partial charge on any atom is -0.373 e. The molecule has 7 heteroatoms. The number of rotatable bonds is 2. The molecule has 3 heterocycles. The highest BCUT2D eigenvalue weighted by Gasteiger charge is 2.33. The number of ether oxygens (including phenoxy) is 1. The number of hydrogen-bond donors (Lipinski definition) is 0. The van der Waals surface area contributed by atoms with Crippen molar-refractivity contribution in [2.24, 2.45) is 5.92 Å². The number of carbonyl (C=O) groups is 1. The molecule has 1 saturated heterocycles. The number of carbonyl (C=O) groups excluding carboxylic acids is 1. The van der Waals surface area contributed by atoms with Gasteiger partial charge in [-0.2, -0.15) is 0 Å². The van der Waals surface area contributed by atoms with E-state index in [1.165, 1.54) is 12.1 Å². The van der Waals surface area contributed by atoms with Crippen molar-refractivity contribution in [1.29, 1.82) is 0 Å². The molecule has 4 rings (SSSR count). The lowest BCUT2D eigenvalue weighted by molar-refractivity contribution is -0.138. The zero-order valence-electron chi connectivity index (χ0n) is 14.7. The summed E-state index contributed by atoms with van der Waals surface area (Å²) >= 11 is 0. The van der Waals surface area contributed by atoms with Gasteiger partial charge in [0, 0.05) is 19.0 Å². The van der Waals surface area contributed by atoms with E-state index in [2.05, 4.69) is 10.3 Å². The van der Waals surface area contributed by atoms with Crippen molar-refractivity contribution >= 4 is 5.91 Å². The van der Waals surface area contributed by atoms with Crippen LogP contribution in [0, 0.1) is 11.7 Å². The molecule has 1 amide bonds. The summed E-state index contributed by atoms with van der Waals surface area (Å²) in [4.78, 5) is 15.2. The number of benzene rings is 1. The summed E-state index contributed by atoms with van der Waals surface area (Å²) in [6.45, 7) is 2.37. The monoisotopic (exact) mass is 358 g/mol. The molecule has 0 spiro atoms. The number of nitrogens with zero attached hydrogens (tertiary/aromatic N) is 4. The van der Waals surface area contributed by atoms with Crippen LogP contribution in [0.5, 0.6) is 0 Å². The van der Waals surface area contributed by atoms with Crippen LogP contribution in [0.2, 0.25) is 0 Å². The molecule has 6 nitrogen and oxygen atoms in total. The lowest BCUT2D eigenvalue weighted by atomic mass is 9.94. The Morgan fingerprint density at radius 3 is 2.88 bits per heavy atom. The van der Waals surface area contributed by atoms with Gasteiger partial charge in [0.05, 0.1) is 25.5 Å². The second-order valence-corrected chi connectivity index (χ2v) is 7.13. The van der Waals surface area contributed by atoms with E-state index in [9.17, 15) is 9.18 Å². The van der Waals surface area contributed by atoms with Gasteiger partial charge in [-0.3, -0.25) is 9.48 Å². The van der Waals surface area contributed by atoms with Gasteiger partial charge in [0.2, 0.25) is 5.91 Å². The second kappa shape index (κ2) is 7.53. The van der Waals surface area contributed by atoms with Gasteiger partial charge in [-0.1, -0.05) is 17.3 Å². The first-order valence-electron chi connectivity index (χ1n) is 9.21. The normalized spacial score (nSPS) is 24.0. The van der Waals surface area contributed by atoms with Crippen LogP contribution >= 0.6 is 0 Å². The Hall–Kier alpha value is -2.28. The Labute approximate surface area is 151 Å². The van der Waals surface area contributed by atoms with Crippen molar-refractivity contribution in [3.8, 4) is 0 Å². The van der Waals surface area contributed by atoms with E-state index >= 15 is 0 Å². The number of hydrogen-bond acceptors (Lipinski definition) is 4. The van der Waals surface area contributed by atoms with Crippen LogP contribution in [0.3, 0.4) is 0 Å². The second-order valence-electron chi connectivity index (χ2n) is 7.13. The van der Waals surface area contributed by atoms with E-state index in [1.54, 1.807) is 16.8 Å². The van der Waals surface area contributed by atoms with Gasteiger partial charge in [0.1, 0.15) is 11.5 Å². The lowest BCUT2D eigenvalue weighted by Crippen LogP contribution is -2.42. The topological polar surface area (TPSA) is 60.3 Å². The van der Waals surface area contributed by atoms with Crippen molar-refractivity contribution in [3.05, 3.63) is 47.5 Å². The molecule has 138 valence electrons. The van der Waals surface area contributed by atoms with Crippen LogP contribution in [-0.2, 0) is 29.1 Å². The van der Waals surface area contributed by atoms with Crippen molar-refractivity contribution in [2.45, 2.75) is 44.9 Å². The van der Waals surface area contributed by atoms with E-state index in [1.807, 2.05) is 11.1 Å². The summed E-state index contributed by atoms with van der Waals surface area (Å²) in [7, 11) is 0. The first-order chi connectivity index (χ1) is 12.7. The molecule has 1 aromatic carbocycles. The summed E-state index contributed by atoms with van der Waals surface area (Å²) in [5.41, 5.74) is 1.79. The third kappa shape index (κ3) is 3.77. The fourth-order valence-corrected chi connectivity index (χ4v) is 3.85. The van der Waals surface area contributed by atoms with Gasteiger partial charge in [0.25, 0.3) is 0 Å². The first-order valence-corrected chi connectivity index (χ1v) is 9.21. The molecule has 0 aliphatic carbocycles. The minimum atomic E-state index is -0.259. The largest absolute Gasteiger partial charge is 0.373 e. The number of halogens is 1. The molecule has 0 unspecified atom stereocenters. The van der Waals surface area contributed by atoms with Crippen molar-refractivity contribution in [1.82, 2.24) is 19.9 Å². The molecule has 1 fully saturated rings. The van der Waals surface area contributed by atoms with Gasteiger partial charge in [0.15, 0.2) is 0 Å². The summed E-state index contributed by atoms with van der Waals surface area (Å²) in [6.07, 6.45) is 5.15. The first kappa shape index (κ1) is 17.1. The fourth-order valence-electron chi connectivity index (χ4n) is 3.85. The van der Waals surface area contributed by atoms with Crippen molar-refractivity contribution < 1.29 is 13.9 Å². The molecular formula is C19H23FN4O2. The van der Waals surface area contributed by atoms with Gasteiger partial charge >= 0.3 is 0 Å². The number of fused-ring (bicyclic) bond motifs is 3. The standard InChI is InChI=1S/C19H23FN4O2/c20-16-5-3-14(4-6-16)10-15-7-9-23-11-17(21-22-23)12-26-13-18-2-1-8-24(18)19(15)25/h3-6,11,15,18H,1-2,7-10,12-13H2/t15-,18+/m0/s1. The predicted molar refractivity (Wildman–Crippen MR) is 92.6 cm³/mol. The van der Waals surface area contributed by atoms with Gasteiger partial charge in [-0.15, -0.1) is 5.10 Å². The molecule has 0 radical (unpaired) electrons. The maximum Gasteiger partial charge on any atom is 0.226 e. The van der Waals surface area contributed by atoms with Crippen LogP contribution < -0.4 is 0 Å². The van der Waals surface area contributed by atoms with E-state index in [0.717, 1.165) is 30.6 Å². The summed E-state index contributed by atoms with van der Waals surface area (Å²) in [5.74, 6) is -0.250. The van der Waals surface area contributed by atoms with Crippen molar-refractivity contribution in [2.75, 3.05) is 13.2 Å². The Morgan fingerprint density at radius 1 is 1.19 bits per heavy atom. The van der Waals surface area contributed by atoms with Gasteiger partial charge in [-0.25, -0.2) is 4.39 Å². The van der Waals surface area contributed by atoms with Crippen LogP contribution in [0.15, 0.2) is 30.5 Å². The third-order valence-electron chi connectivity index (χ3n) is 5.26. The number of amides is 1. The van der Waals surface area contributed by atoms with Gasteiger partial charge in [-0.05, 0) is 43.4 Å². The zero-order chi connectivity index (χ0) is 17.9. The van der Waals surface area contributed by atoms with E-state index in [0.29, 0.717) is 32.6 Å². The lowest BCUT2D eigenvalue weighted by Gasteiger charge is -2.29. The van der Waals surface area contributed by atoms with Crippen LogP contribution in [-0.4, -0.2) is 45.0 Å². The van der Waals surface area contributed by atoms with Crippen molar-refractivity contribution in [3.63, 3.8) is 0 Å². The highest BCUT2D eigenvalue weighted by molar-refractivity contribution is 5.79. The molecule has 0 N–H and O–H groups in total. The molecule has 1 aromatic heterocycles. The smallest absolute Gasteiger partial charge is 0.226 e. The molecule has 2 aromatic rings. The van der Waals surface area contributed by atoms with Crippen LogP contribution in [0.1, 0.15) is 30.5 Å². The molecule has 2 aliphatic heterocycles. The highest BCUT2D eigenvalue weighted by Crippen LogP contribution is 2.25. The SMILES string of the molecule is O=C1[C@H](Cc2ccc(F)cc2)CCn2cc(nn2)COC[C@H]2CCCN12. The molecule has 2 bridgehead atoms. The maximum atomic E-state index is 13.2. The average molecular weight is 358 g/mol. The number of aryl methyl sites for hydroxylation is 1. The Kier molecular flexibility index (Phi) is 4.97. The minimum absolute atomic E-state index is 0.132. The summed E-state index contributed by atoms with van der Waals surface area (Å²) < 4.78 is 20.7. The number of aromatic nitrogens is 3. The van der Waals surface area contributed by atoms with E-state index < -0.39 is 0 Å². The maximum absolute atomic E-state index is 13.2. The molecule has 26 heavy (non-hydrogen) atoms. The third-order valence-corrected chi connectivity index (χ3v) is 5.26. The molecular weight excluding hydrogens is 335 g/mol. The zero-order valence-corrected chi connectivity index (χ0v) is 14.7. The van der Waals surface area contributed by atoms with E-state index in [4.69, 9.17) is 4.74 Å². The predicted octanol–water partition coefficient (Wildman–Crippen LogP) is 2.19.